The Morgan fingerprint density at radius 3 is 2.75 bits per heavy atom. The molecule has 0 amide bonds. The molecule has 1 heterocycles. The van der Waals surface area contributed by atoms with Gasteiger partial charge in [-0.25, -0.2) is 4.39 Å². The molecule has 0 aliphatic carbocycles. The van der Waals surface area contributed by atoms with Gasteiger partial charge in [-0.15, -0.1) is 0 Å². The first-order chi connectivity index (χ1) is 9.77. The van der Waals surface area contributed by atoms with Gasteiger partial charge in [0.05, 0.1) is 18.8 Å². The smallest absolute Gasteiger partial charge is 0.146 e. The molecule has 1 unspecified atom stereocenters. The molecule has 0 aliphatic heterocycles. The first kappa shape index (κ1) is 14.5. The summed E-state index contributed by atoms with van der Waals surface area (Å²) < 4.78 is 19.7. The van der Waals surface area contributed by atoms with Gasteiger partial charge in [0.1, 0.15) is 11.6 Å². The molecule has 1 aromatic carbocycles. The van der Waals surface area contributed by atoms with E-state index in [1.165, 1.54) is 6.20 Å². The number of halogens is 1. The molecule has 4 heteroatoms. The van der Waals surface area contributed by atoms with Crippen LogP contribution in [-0.2, 0) is 0 Å². The number of rotatable bonds is 6. The Kier molecular flexibility index (Phi) is 5.07. The van der Waals surface area contributed by atoms with E-state index in [0.29, 0.717) is 12.2 Å². The van der Waals surface area contributed by atoms with E-state index in [2.05, 4.69) is 17.2 Å². The Morgan fingerprint density at radius 2 is 2.05 bits per heavy atom. The third-order valence-electron chi connectivity index (χ3n) is 3.10. The lowest BCUT2D eigenvalue weighted by molar-refractivity contribution is 0.312. The lowest BCUT2D eigenvalue weighted by Crippen LogP contribution is -2.20. The summed E-state index contributed by atoms with van der Waals surface area (Å²) in [6, 6.07) is 9.14. The van der Waals surface area contributed by atoms with Gasteiger partial charge in [0.25, 0.3) is 0 Å². The fraction of sp³-hybridized carbons (Fsp3) is 0.312. The highest BCUT2D eigenvalue weighted by Crippen LogP contribution is 2.30. The number of nitrogens with zero attached hydrogens (tertiary/aromatic N) is 1. The zero-order valence-corrected chi connectivity index (χ0v) is 11.8. The molecule has 0 saturated heterocycles. The van der Waals surface area contributed by atoms with Crippen LogP contribution < -0.4 is 10.1 Å². The van der Waals surface area contributed by atoms with Crippen molar-refractivity contribution in [1.29, 1.82) is 0 Å². The molecular formula is C16H19FN2O. The van der Waals surface area contributed by atoms with Crippen LogP contribution in [-0.4, -0.2) is 18.6 Å². The Bertz CT molecular complexity index is 560. The molecule has 106 valence electrons. The standard InChI is InChI=1S/C16H19FN2O/c1-3-10-20-15-7-5-4-6-13(15)16(18-2)12-8-9-19-11-14(12)17/h4-9,11,16,18H,3,10H2,1-2H3. The van der Waals surface area contributed by atoms with Gasteiger partial charge in [-0.3, -0.25) is 4.98 Å². The summed E-state index contributed by atoms with van der Waals surface area (Å²) >= 11 is 0. The van der Waals surface area contributed by atoms with Crippen LogP contribution in [0.15, 0.2) is 42.7 Å². The Hall–Kier alpha value is -1.94. The van der Waals surface area contributed by atoms with Crippen molar-refractivity contribution in [3.8, 4) is 5.75 Å². The molecular weight excluding hydrogens is 255 g/mol. The Balaban J connectivity index is 2.39. The van der Waals surface area contributed by atoms with Crippen LogP contribution in [0.25, 0.3) is 0 Å². The second-order valence-corrected chi connectivity index (χ2v) is 4.51. The first-order valence-electron chi connectivity index (χ1n) is 6.76. The molecule has 1 atom stereocenters. The minimum Gasteiger partial charge on any atom is -0.493 e. The van der Waals surface area contributed by atoms with Crippen molar-refractivity contribution < 1.29 is 9.13 Å². The maximum atomic E-state index is 14.0. The fourth-order valence-corrected chi connectivity index (χ4v) is 2.16. The van der Waals surface area contributed by atoms with Crippen LogP contribution >= 0.6 is 0 Å². The lowest BCUT2D eigenvalue weighted by atomic mass is 9.98. The van der Waals surface area contributed by atoms with Gasteiger partial charge in [-0.05, 0) is 25.6 Å². The predicted molar refractivity (Wildman–Crippen MR) is 77.3 cm³/mol. The number of benzene rings is 1. The molecule has 20 heavy (non-hydrogen) atoms. The number of para-hydroxylation sites is 1. The summed E-state index contributed by atoms with van der Waals surface area (Å²) in [5.41, 5.74) is 1.49. The van der Waals surface area contributed by atoms with Crippen molar-refractivity contribution >= 4 is 0 Å². The van der Waals surface area contributed by atoms with Crippen LogP contribution in [0.3, 0.4) is 0 Å². The van der Waals surface area contributed by atoms with Gasteiger partial charge in [0.15, 0.2) is 0 Å². The fourth-order valence-electron chi connectivity index (χ4n) is 2.16. The average Bonchev–Trinajstić information content (AvgIpc) is 2.49. The molecule has 2 rings (SSSR count). The summed E-state index contributed by atoms with van der Waals surface area (Å²) in [6.07, 6.45) is 3.76. The van der Waals surface area contributed by atoms with E-state index in [1.54, 1.807) is 19.3 Å². The predicted octanol–water partition coefficient (Wildman–Crippen LogP) is 3.32. The highest BCUT2D eigenvalue weighted by molar-refractivity contribution is 5.41. The van der Waals surface area contributed by atoms with Crippen molar-refractivity contribution in [3.05, 3.63) is 59.7 Å². The van der Waals surface area contributed by atoms with E-state index in [0.717, 1.165) is 17.7 Å². The van der Waals surface area contributed by atoms with E-state index in [4.69, 9.17) is 4.74 Å². The van der Waals surface area contributed by atoms with Crippen LogP contribution in [0.1, 0.15) is 30.5 Å². The quantitative estimate of drug-likeness (QED) is 0.877. The molecule has 0 radical (unpaired) electrons. The van der Waals surface area contributed by atoms with Gasteiger partial charge in [0.2, 0.25) is 0 Å². The molecule has 2 aromatic rings. The van der Waals surface area contributed by atoms with Crippen molar-refractivity contribution in [1.82, 2.24) is 10.3 Å². The highest BCUT2D eigenvalue weighted by Gasteiger charge is 2.19. The van der Waals surface area contributed by atoms with Crippen molar-refractivity contribution in [2.75, 3.05) is 13.7 Å². The lowest BCUT2D eigenvalue weighted by Gasteiger charge is -2.20. The van der Waals surface area contributed by atoms with Gasteiger partial charge in [-0.2, -0.15) is 0 Å². The third kappa shape index (κ3) is 3.14. The summed E-state index contributed by atoms with van der Waals surface area (Å²) in [5, 5.41) is 3.14. The first-order valence-corrected chi connectivity index (χ1v) is 6.76. The van der Waals surface area contributed by atoms with Crippen LogP contribution in [0.4, 0.5) is 4.39 Å². The summed E-state index contributed by atoms with van der Waals surface area (Å²) in [6.45, 7) is 2.70. The minimum absolute atomic E-state index is 0.258. The van der Waals surface area contributed by atoms with E-state index < -0.39 is 0 Å². The number of nitrogens with one attached hydrogen (secondary N) is 1. The third-order valence-corrected chi connectivity index (χ3v) is 3.10. The van der Waals surface area contributed by atoms with Gasteiger partial charge in [0, 0.05) is 17.3 Å². The Labute approximate surface area is 118 Å². The minimum atomic E-state index is -0.322. The summed E-state index contributed by atoms with van der Waals surface area (Å²) in [5.74, 6) is 0.460. The molecule has 1 aromatic heterocycles. The van der Waals surface area contributed by atoms with Gasteiger partial charge in [-0.1, -0.05) is 25.1 Å². The van der Waals surface area contributed by atoms with E-state index >= 15 is 0 Å². The number of pyridine rings is 1. The van der Waals surface area contributed by atoms with Crippen molar-refractivity contribution in [2.24, 2.45) is 0 Å². The molecule has 0 fully saturated rings. The maximum Gasteiger partial charge on any atom is 0.146 e. The van der Waals surface area contributed by atoms with Crippen LogP contribution in [0.2, 0.25) is 0 Å². The maximum absolute atomic E-state index is 14.0. The van der Waals surface area contributed by atoms with E-state index in [1.807, 2.05) is 24.3 Å². The second-order valence-electron chi connectivity index (χ2n) is 4.51. The number of hydrogen-bond acceptors (Lipinski definition) is 3. The molecule has 0 bridgehead atoms. The number of hydrogen-bond donors (Lipinski definition) is 1. The molecule has 0 aliphatic rings. The SMILES string of the molecule is CCCOc1ccccc1C(NC)c1ccncc1F. The largest absolute Gasteiger partial charge is 0.493 e. The zero-order valence-electron chi connectivity index (χ0n) is 11.8. The molecule has 3 nitrogen and oxygen atoms in total. The van der Waals surface area contributed by atoms with Crippen LogP contribution in [0.5, 0.6) is 5.75 Å². The molecule has 1 N–H and O–H groups in total. The molecule has 0 spiro atoms. The normalized spacial score (nSPS) is 12.2. The zero-order chi connectivity index (χ0) is 14.4. The average molecular weight is 274 g/mol. The van der Waals surface area contributed by atoms with E-state index in [-0.39, 0.29) is 11.9 Å². The van der Waals surface area contributed by atoms with Gasteiger partial charge >= 0.3 is 0 Å². The molecule has 0 saturated carbocycles. The summed E-state index contributed by atoms with van der Waals surface area (Å²) in [7, 11) is 1.81. The van der Waals surface area contributed by atoms with Crippen molar-refractivity contribution in [3.63, 3.8) is 0 Å². The van der Waals surface area contributed by atoms with Crippen molar-refractivity contribution in [2.45, 2.75) is 19.4 Å². The Morgan fingerprint density at radius 1 is 1.25 bits per heavy atom. The monoisotopic (exact) mass is 274 g/mol. The van der Waals surface area contributed by atoms with Crippen LogP contribution in [0, 0.1) is 5.82 Å². The second kappa shape index (κ2) is 7.01. The summed E-state index contributed by atoms with van der Waals surface area (Å²) in [4.78, 5) is 3.79. The number of aromatic nitrogens is 1. The number of ether oxygens (including phenoxy) is 1. The topological polar surface area (TPSA) is 34.1 Å². The highest BCUT2D eigenvalue weighted by atomic mass is 19.1. The van der Waals surface area contributed by atoms with Gasteiger partial charge < -0.3 is 10.1 Å². The van der Waals surface area contributed by atoms with E-state index in [9.17, 15) is 4.39 Å².